The summed E-state index contributed by atoms with van der Waals surface area (Å²) >= 11 is 0. The molecule has 3 heteroatoms. The van der Waals surface area contributed by atoms with Gasteiger partial charge in [0.25, 0.3) is 0 Å². The van der Waals surface area contributed by atoms with Crippen LogP contribution in [0.25, 0.3) is 0 Å². The van der Waals surface area contributed by atoms with E-state index in [9.17, 15) is 4.39 Å². The van der Waals surface area contributed by atoms with Crippen LogP contribution in [0.1, 0.15) is 4.11 Å². The van der Waals surface area contributed by atoms with E-state index in [-0.39, 0.29) is 11.4 Å². The molecule has 0 aliphatic heterocycles. The van der Waals surface area contributed by atoms with Crippen molar-refractivity contribution in [3.8, 4) is 5.75 Å². The lowest BCUT2D eigenvalue weighted by Gasteiger charge is -2.00. The molecule has 0 fully saturated rings. The fourth-order valence-corrected chi connectivity index (χ4v) is 0.600. The van der Waals surface area contributed by atoms with Crippen molar-refractivity contribution in [2.24, 2.45) is 0 Å². The van der Waals surface area contributed by atoms with Crippen LogP contribution in [0, 0.1) is 5.82 Å². The first-order valence-electron chi connectivity index (χ1n) is 4.12. The maximum atomic E-state index is 12.9. The highest BCUT2D eigenvalue weighted by Gasteiger charge is 1.99. The Bertz CT molecular complexity index is 313. The molecule has 54 valence electrons. The van der Waals surface area contributed by atoms with Gasteiger partial charge in [-0.15, -0.1) is 0 Å². The van der Waals surface area contributed by atoms with Crippen molar-refractivity contribution in [1.29, 1.82) is 0 Å². The van der Waals surface area contributed by atoms with Crippen molar-refractivity contribution in [3.63, 3.8) is 0 Å². The number of hydrogen-bond acceptors (Lipinski definition) is 2. The highest BCUT2D eigenvalue weighted by Crippen LogP contribution is 2.18. The van der Waals surface area contributed by atoms with Gasteiger partial charge in [-0.25, -0.2) is 4.39 Å². The average molecular weight is 144 g/mol. The number of methoxy groups -OCH3 is 1. The third-order valence-corrected chi connectivity index (χ3v) is 1.07. The molecule has 0 radical (unpaired) electrons. The van der Waals surface area contributed by atoms with E-state index in [0.29, 0.717) is 0 Å². The predicted molar refractivity (Wildman–Crippen MR) is 37.4 cm³/mol. The number of rotatable bonds is 1. The molecule has 0 aliphatic rings. The first-order valence-corrected chi connectivity index (χ1v) is 2.62. The lowest BCUT2D eigenvalue weighted by atomic mass is 10.3. The van der Waals surface area contributed by atoms with Crippen molar-refractivity contribution in [2.45, 2.75) is 0 Å². The van der Waals surface area contributed by atoms with Crippen molar-refractivity contribution in [1.82, 2.24) is 0 Å². The molecule has 2 nitrogen and oxygen atoms in total. The number of nitrogens with two attached hydrogens (primary N) is 1. The van der Waals surface area contributed by atoms with Crippen LogP contribution >= 0.6 is 0 Å². The second-order valence-corrected chi connectivity index (χ2v) is 1.79. The molecule has 0 unspecified atom stereocenters. The largest absolute Gasteiger partial charge is 0.494 e. The molecule has 1 aromatic rings. The Hall–Kier alpha value is -1.25. The summed E-state index contributed by atoms with van der Waals surface area (Å²) in [4.78, 5) is 0. The summed E-state index contributed by atoms with van der Waals surface area (Å²) < 4.78 is 37.5. The van der Waals surface area contributed by atoms with Crippen molar-refractivity contribution < 1.29 is 13.2 Å². The Balaban J connectivity index is 2.90. The van der Waals surface area contributed by atoms with Crippen LogP contribution in [0.15, 0.2) is 18.2 Å². The normalized spacial score (nSPS) is 15.1. The molecular weight excluding hydrogens is 133 g/mol. The molecular formula is C7H8FNO. The minimum atomic E-state index is -2.64. The number of halogens is 1. The van der Waals surface area contributed by atoms with Gasteiger partial charge in [-0.1, -0.05) is 0 Å². The van der Waals surface area contributed by atoms with Crippen LogP contribution < -0.4 is 10.5 Å². The van der Waals surface area contributed by atoms with Gasteiger partial charge in [0.2, 0.25) is 0 Å². The van der Waals surface area contributed by atoms with Crippen LogP contribution in [0.2, 0.25) is 0 Å². The zero-order valence-corrected chi connectivity index (χ0v) is 5.10. The number of anilines is 1. The monoisotopic (exact) mass is 144 g/mol. The fourth-order valence-electron chi connectivity index (χ4n) is 0.600. The standard InChI is InChI=1S/C7H8FNO/c1-10-7-3-2-5(9)4-6(7)8/h2-4H,9H2,1H3/i1D3. The molecule has 0 saturated heterocycles. The second-order valence-electron chi connectivity index (χ2n) is 1.79. The Kier molecular flexibility index (Phi) is 0.974. The first-order chi connectivity index (χ1) is 5.88. The van der Waals surface area contributed by atoms with Gasteiger partial charge >= 0.3 is 0 Å². The average Bonchev–Trinajstić information content (AvgIpc) is 1.93. The lowest BCUT2D eigenvalue weighted by Crippen LogP contribution is -1.90. The highest BCUT2D eigenvalue weighted by atomic mass is 19.1. The molecule has 0 spiro atoms. The third-order valence-electron chi connectivity index (χ3n) is 1.07. The molecule has 0 aromatic heterocycles. The SMILES string of the molecule is [2H]C([2H])([2H])Oc1ccc(N)cc1F. The molecule has 0 saturated carbocycles. The van der Waals surface area contributed by atoms with Gasteiger partial charge in [-0.2, -0.15) is 0 Å². The van der Waals surface area contributed by atoms with E-state index in [1.807, 2.05) is 0 Å². The van der Waals surface area contributed by atoms with Gasteiger partial charge < -0.3 is 10.5 Å². The van der Waals surface area contributed by atoms with Gasteiger partial charge in [0.1, 0.15) is 0 Å². The molecule has 0 aliphatic carbocycles. The Morgan fingerprint density at radius 1 is 1.70 bits per heavy atom. The summed E-state index contributed by atoms with van der Waals surface area (Å²) in [6.45, 7) is 0. The molecule has 0 amide bonds. The third kappa shape index (κ3) is 1.18. The van der Waals surface area contributed by atoms with Gasteiger partial charge in [-0.3, -0.25) is 0 Å². The molecule has 0 bridgehead atoms. The van der Waals surface area contributed by atoms with E-state index < -0.39 is 12.9 Å². The number of ether oxygens (including phenoxy) is 1. The summed E-state index contributed by atoms with van der Waals surface area (Å²) in [6, 6.07) is 3.54. The number of nitrogen functional groups attached to an aromatic ring is 1. The minimum absolute atomic E-state index is 0.218. The molecule has 10 heavy (non-hydrogen) atoms. The second kappa shape index (κ2) is 2.56. The van der Waals surface area contributed by atoms with Crippen LogP contribution in [0.5, 0.6) is 5.75 Å². The summed E-state index contributed by atoms with van der Waals surface area (Å²) in [6.07, 6.45) is 0. The van der Waals surface area contributed by atoms with Crippen LogP contribution in [0.4, 0.5) is 10.1 Å². The molecule has 1 aromatic carbocycles. The van der Waals surface area contributed by atoms with Crippen LogP contribution in [-0.4, -0.2) is 7.04 Å². The molecule has 1 rings (SSSR count). The number of benzene rings is 1. The quantitative estimate of drug-likeness (QED) is 0.605. The summed E-state index contributed by atoms with van der Waals surface area (Å²) in [5, 5.41) is 0. The highest BCUT2D eigenvalue weighted by molar-refractivity contribution is 5.42. The van der Waals surface area contributed by atoms with Gasteiger partial charge in [0.15, 0.2) is 11.6 Å². The van der Waals surface area contributed by atoms with Gasteiger partial charge in [0, 0.05) is 11.8 Å². The maximum Gasteiger partial charge on any atom is 0.167 e. The van der Waals surface area contributed by atoms with E-state index in [4.69, 9.17) is 9.85 Å². The van der Waals surface area contributed by atoms with E-state index in [1.54, 1.807) is 0 Å². The van der Waals surface area contributed by atoms with E-state index in [2.05, 4.69) is 4.74 Å². The fraction of sp³-hybridized carbons (Fsp3) is 0.143. The maximum absolute atomic E-state index is 12.9. The Labute approximate surface area is 62.6 Å². The van der Waals surface area contributed by atoms with Crippen LogP contribution in [-0.2, 0) is 0 Å². The first kappa shape index (κ1) is 3.81. The lowest BCUT2D eigenvalue weighted by molar-refractivity contribution is 0.387. The topological polar surface area (TPSA) is 35.2 Å². The summed E-state index contributed by atoms with van der Waals surface area (Å²) in [5.41, 5.74) is 5.47. The molecule has 0 atom stereocenters. The van der Waals surface area contributed by atoms with Crippen molar-refractivity contribution in [3.05, 3.63) is 24.0 Å². The van der Waals surface area contributed by atoms with Crippen molar-refractivity contribution >= 4 is 5.69 Å². The van der Waals surface area contributed by atoms with E-state index >= 15 is 0 Å². The smallest absolute Gasteiger partial charge is 0.167 e. The van der Waals surface area contributed by atoms with Crippen molar-refractivity contribution in [2.75, 3.05) is 12.8 Å². The summed E-state index contributed by atoms with van der Waals surface area (Å²) in [7, 11) is -2.64. The van der Waals surface area contributed by atoms with E-state index in [1.165, 1.54) is 12.1 Å². The Morgan fingerprint density at radius 2 is 2.50 bits per heavy atom. The van der Waals surface area contributed by atoms with Gasteiger partial charge in [-0.05, 0) is 12.1 Å². The Morgan fingerprint density at radius 3 is 3.10 bits per heavy atom. The number of hydrogen-bond donors (Lipinski definition) is 1. The minimum Gasteiger partial charge on any atom is -0.494 e. The zero-order valence-electron chi connectivity index (χ0n) is 8.10. The van der Waals surface area contributed by atoms with E-state index in [0.717, 1.165) is 6.07 Å². The molecule has 2 N–H and O–H groups in total. The zero-order chi connectivity index (χ0) is 10.1. The van der Waals surface area contributed by atoms with Gasteiger partial charge in [0.05, 0.1) is 11.2 Å². The molecule has 0 heterocycles. The van der Waals surface area contributed by atoms with Crippen LogP contribution in [0.3, 0.4) is 0 Å². The predicted octanol–water partition coefficient (Wildman–Crippen LogP) is 1.42. The summed E-state index contributed by atoms with van der Waals surface area (Å²) in [5.74, 6) is -1.11.